The summed E-state index contributed by atoms with van der Waals surface area (Å²) in [6.45, 7) is -1.51. The van der Waals surface area contributed by atoms with Crippen LogP contribution < -0.4 is 14.8 Å². The van der Waals surface area contributed by atoms with Crippen LogP contribution in [-0.4, -0.2) is 36.4 Å². The molecule has 8 heteroatoms. The van der Waals surface area contributed by atoms with E-state index in [1.165, 1.54) is 23.1 Å². The van der Waals surface area contributed by atoms with E-state index in [9.17, 15) is 18.4 Å². The average Bonchev–Trinajstić information content (AvgIpc) is 2.91. The number of nitrogens with one attached hydrogen (secondary N) is 1. The van der Waals surface area contributed by atoms with E-state index in [1.807, 2.05) is 54.6 Å². The summed E-state index contributed by atoms with van der Waals surface area (Å²) in [6, 6.07) is 23.3. The topological polar surface area (TPSA) is 67.9 Å². The lowest BCUT2D eigenvalue weighted by molar-refractivity contribution is -0.126. The Morgan fingerprint density at radius 3 is 2.42 bits per heavy atom. The maximum Gasteiger partial charge on any atom is 0.387 e. The van der Waals surface area contributed by atoms with Crippen LogP contribution in [0.1, 0.15) is 34.3 Å². The first-order valence-corrected chi connectivity index (χ1v) is 11.9. The molecule has 1 heterocycles. The average molecular weight is 495 g/mol. The molecule has 0 aromatic heterocycles. The standard InChI is InChI=1S/C28H28F2N2O4/c29-28(30)36-25-11-5-4-10-24(25)27(34)32-16-6-9-22(18-32)26(33)31-17-20-12-14-23(15-13-20)35-19-21-7-2-1-3-8-21/h1-5,7-8,10-15,22,28H,6,9,16-19H2,(H,31,33). The smallest absolute Gasteiger partial charge is 0.387 e. The van der Waals surface area contributed by atoms with Gasteiger partial charge in [0.05, 0.1) is 11.5 Å². The van der Waals surface area contributed by atoms with E-state index in [2.05, 4.69) is 10.1 Å². The zero-order valence-electron chi connectivity index (χ0n) is 19.7. The molecule has 2 amide bonds. The molecule has 1 fully saturated rings. The molecule has 0 saturated carbocycles. The predicted octanol–water partition coefficient (Wildman–Crippen LogP) is 5.04. The molecular weight excluding hydrogens is 466 g/mol. The molecule has 4 rings (SSSR count). The second-order valence-electron chi connectivity index (χ2n) is 8.60. The third-order valence-corrected chi connectivity index (χ3v) is 6.05. The first-order chi connectivity index (χ1) is 17.5. The highest BCUT2D eigenvalue weighted by Crippen LogP contribution is 2.25. The summed E-state index contributed by atoms with van der Waals surface area (Å²) in [5, 5.41) is 2.94. The van der Waals surface area contributed by atoms with E-state index in [0.29, 0.717) is 32.5 Å². The number of hydrogen-bond donors (Lipinski definition) is 1. The first-order valence-electron chi connectivity index (χ1n) is 11.9. The molecule has 0 aliphatic carbocycles. The van der Waals surface area contributed by atoms with Crippen molar-refractivity contribution in [2.24, 2.45) is 5.92 Å². The van der Waals surface area contributed by atoms with Gasteiger partial charge in [0.25, 0.3) is 5.91 Å². The number of alkyl halides is 2. The zero-order valence-corrected chi connectivity index (χ0v) is 19.7. The number of nitrogens with zero attached hydrogens (tertiary/aromatic N) is 1. The molecule has 1 atom stereocenters. The van der Waals surface area contributed by atoms with Gasteiger partial charge in [0.2, 0.25) is 5.91 Å². The van der Waals surface area contributed by atoms with Crippen molar-refractivity contribution in [3.05, 3.63) is 95.6 Å². The Hall–Kier alpha value is -3.94. The minimum atomic E-state index is -3.02. The molecular formula is C28H28F2N2O4. The number of benzene rings is 3. The highest BCUT2D eigenvalue weighted by molar-refractivity contribution is 5.97. The van der Waals surface area contributed by atoms with Crippen LogP contribution in [0.15, 0.2) is 78.9 Å². The number of hydrogen-bond acceptors (Lipinski definition) is 4. The van der Waals surface area contributed by atoms with Crippen molar-refractivity contribution in [3.63, 3.8) is 0 Å². The molecule has 3 aromatic rings. The largest absolute Gasteiger partial charge is 0.489 e. The van der Waals surface area contributed by atoms with Gasteiger partial charge in [0.1, 0.15) is 18.1 Å². The summed E-state index contributed by atoms with van der Waals surface area (Å²) < 4.78 is 35.7. The fourth-order valence-electron chi connectivity index (χ4n) is 4.17. The Morgan fingerprint density at radius 1 is 0.944 bits per heavy atom. The molecule has 3 aromatic carbocycles. The van der Waals surface area contributed by atoms with Crippen LogP contribution in [0.25, 0.3) is 0 Å². The summed E-state index contributed by atoms with van der Waals surface area (Å²) in [4.78, 5) is 27.3. The summed E-state index contributed by atoms with van der Waals surface area (Å²) >= 11 is 0. The maximum absolute atomic E-state index is 13.0. The van der Waals surface area contributed by atoms with E-state index in [-0.39, 0.29) is 29.7 Å². The van der Waals surface area contributed by atoms with Crippen LogP contribution in [-0.2, 0) is 17.9 Å². The number of ether oxygens (including phenoxy) is 2. The number of likely N-dealkylation sites (tertiary alicyclic amines) is 1. The fraction of sp³-hybridized carbons (Fsp3) is 0.286. The molecule has 6 nitrogen and oxygen atoms in total. The van der Waals surface area contributed by atoms with Crippen LogP contribution in [0.5, 0.6) is 11.5 Å². The predicted molar refractivity (Wildman–Crippen MR) is 131 cm³/mol. The van der Waals surface area contributed by atoms with Crippen molar-refractivity contribution in [1.82, 2.24) is 10.2 Å². The van der Waals surface area contributed by atoms with Gasteiger partial charge < -0.3 is 19.7 Å². The summed E-state index contributed by atoms with van der Waals surface area (Å²) in [7, 11) is 0. The van der Waals surface area contributed by atoms with Gasteiger partial charge in [0.15, 0.2) is 0 Å². The van der Waals surface area contributed by atoms with E-state index in [4.69, 9.17) is 4.74 Å². The Balaban J connectivity index is 1.28. The van der Waals surface area contributed by atoms with Gasteiger partial charge in [-0.1, -0.05) is 54.6 Å². The van der Waals surface area contributed by atoms with Crippen LogP contribution in [0.4, 0.5) is 8.78 Å². The Bertz CT molecular complexity index is 1160. The lowest BCUT2D eigenvalue weighted by atomic mass is 9.96. The lowest BCUT2D eigenvalue weighted by Crippen LogP contribution is -2.45. The number of halogens is 2. The minimum absolute atomic E-state index is 0.0634. The van der Waals surface area contributed by atoms with E-state index in [0.717, 1.165) is 16.9 Å². The third kappa shape index (κ3) is 6.81. The van der Waals surface area contributed by atoms with E-state index < -0.39 is 12.5 Å². The summed E-state index contributed by atoms with van der Waals surface area (Å²) in [5.74, 6) is -0.366. The molecule has 36 heavy (non-hydrogen) atoms. The number of carbonyl (C=O) groups is 2. The second kappa shape index (κ2) is 12.2. The van der Waals surface area contributed by atoms with Crippen LogP contribution in [0.2, 0.25) is 0 Å². The summed E-state index contributed by atoms with van der Waals surface area (Å²) in [5.41, 5.74) is 2.07. The molecule has 0 spiro atoms. The second-order valence-corrected chi connectivity index (χ2v) is 8.60. The van der Waals surface area contributed by atoms with Crippen LogP contribution in [0.3, 0.4) is 0 Å². The van der Waals surface area contributed by atoms with Crippen molar-refractivity contribution < 1.29 is 27.8 Å². The number of rotatable bonds is 9. The highest BCUT2D eigenvalue weighted by Gasteiger charge is 2.30. The SMILES string of the molecule is O=C(NCc1ccc(OCc2ccccc2)cc1)C1CCCN(C(=O)c2ccccc2OC(F)F)C1. The molecule has 1 unspecified atom stereocenters. The number of amides is 2. The molecule has 1 aliphatic heterocycles. The number of piperidine rings is 1. The Morgan fingerprint density at radius 2 is 1.67 bits per heavy atom. The highest BCUT2D eigenvalue weighted by atomic mass is 19.3. The molecule has 188 valence electrons. The molecule has 0 bridgehead atoms. The van der Waals surface area contributed by atoms with Crippen molar-refractivity contribution in [2.75, 3.05) is 13.1 Å². The van der Waals surface area contributed by atoms with Crippen LogP contribution in [0, 0.1) is 5.92 Å². The fourth-order valence-corrected chi connectivity index (χ4v) is 4.17. The quantitative estimate of drug-likeness (QED) is 0.453. The van der Waals surface area contributed by atoms with Crippen molar-refractivity contribution >= 4 is 11.8 Å². The van der Waals surface area contributed by atoms with Gasteiger partial charge in [-0.25, -0.2) is 0 Å². The normalized spacial score (nSPS) is 15.4. The molecule has 1 aliphatic rings. The van der Waals surface area contributed by atoms with Gasteiger partial charge in [-0.3, -0.25) is 9.59 Å². The van der Waals surface area contributed by atoms with E-state index >= 15 is 0 Å². The van der Waals surface area contributed by atoms with Gasteiger partial charge >= 0.3 is 6.61 Å². The lowest BCUT2D eigenvalue weighted by Gasteiger charge is -2.32. The van der Waals surface area contributed by atoms with Gasteiger partial charge in [-0.05, 0) is 48.2 Å². The van der Waals surface area contributed by atoms with Gasteiger partial charge in [-0.2, -0.15) is 8.78 Å². The van der Waals surface area contributed by atoms with E-state index in [1.54, 1.807) is 6.07 Å². The van der Waals surface area contributed by atoms with Crippen molar-refractivity contribution in [2.45, 2.75) is 32.6 Å². The molecule has 1 N–H and O–H groups in total. The van der Waals surface area contributed by atoms with Crippen LogP contribution >= 0.6 is 0 Å². The summed E-state index contributed by atoms with van der Waals surface area (Å²) in [6.07, 6.45) is 1.30. The maximum atomic E-state index is 13.0. The number of para-hydroxylation sites is 1. The first kappa shape index (κ1) is 25.2. The monoisotopic (exact) mass is 494 g/mol. The van der Waals surface area contributed by atoms with Gasteiger partial charge in [0, 0.05) is 19.6 Å². The van der Waals surface area contributed by atoms with Gasteiger partial charge in [-0.15, -0.1) is 0 Å². The molecule has 1 saturated heterocycles. The third-order valence-electron chi connectivity index (χ3n) is 6.05. The Kier molecular flexibility index (Phi) is 8.49. The zero-order chi connectivity index (χ0) is 25.3. The minimum Gasteiger partial charge on any atom is -0.489 e. The van der Waals surface area contributed by atoms with Crippen molar-refractivity contribution in [1.29, 1.82) is 0 Å². The number of carbonyl (C=O) groups excluding carboxylic acids is 2. The Labute approximate surface area is 208 Å². The van der Waals surface area contributed by atoms with Crippen molar-refractivity contribution in [3.8, 4) is 11.5 Å². The molecule has 0 radical (unpaired) electrons.